The predicted octanol–water partition coefficient (Wildman–Crippen LogP) is 0.220. The molecule has 0 saturated heterocycles. The molecule has 0 aliphatic carbocycles. The summed E-state index contributed by atoms with van der Waals surface area (Å²) < 4.78 is 0.887. The molecule has 0 bridgehead atoms. The molecule has 0 radical (unpaired) electrons. The summed E-state index contributed by atoms with van der Waals surface area (Å²) in [6.45, 7) is 0. The molecule has 2 nitrogen and oxygen atoms in total. The fourth-order valence-electron chi connectivity index (χ4n) is 1.12. The molecule has 1 atom stereocenters. The quantitative estimate of drug-likeness (QED) is 0.559. The number of amides is 1. The van der Waals surface area contributed by atoms with Gasteiger partial charge in [-0.05, 0) is 0 Å². The van der Waals surface area contributed by atoms with Crippen molar-refractivity contribution >= 4 is 27.3 Å². The van der Waals surface area contributed by atoms with Gasteiger partial charge in [-0.1, -0.05) is 0 Å². The molecule has 3 heteroatoms. The number of aliphatic imine (C=N–C) groups is 1. The van der Waals surface area contributed by atoms with E-state index in [2.05, 4.69) is 4.99 Å². The molecule has 0 spiro atoms. The van der Waals surface area contributed by atoms with E-state index in [0.29, 0.717) is 0 Å². The van der Waals surface area contributed by atoms with E-state index < -0.39 is 0 Å². The van der Waals surface area contributed by atoms with Gasteiger partial charge in [0.2, 0.25) is 0 Å². The first-order valence-corrected chi connectivity index (χ1v) is 4.48. The maximum absolute atomic E-state index is 11.1. The van der Waals surface area contributed by atoms with Crippen molar-refractivity contribution in [2.75, 3.05) is 0 Å². The van der Waals surface area contributed by atoms with Crippen LogP contribution < -0.4 is 0 Å². The summed E-state index contributed by atoms with van der Waals surface area (Å²) >= 11 is 1.40. The van der Waals surface area contributed by atoms with E-state index in [0.717, 1.165) is 15.6 Å². The van der Waals surface area contributed by atoms with E-state index in [-0.39, 0.29) is 5.91 Å². The number of benzene rings is 1. The number of carbonyl (C=O) groups excluding carboxylic acids is 1. The monoisotopic (exact) mass is 207 g/mol. The van der Waals surface area contributed by atoms with E-state index in [1.54, 1.807) is 0 Å². The normalized spacial score (nSPS) is 14.6. The van der Waals surface area contributed by atoms with Crippen LogP contribution in [0.25, 0.3) is 0 Å². The zero-order valence-corrected chi connectivity index (χ0v) is 8.16. The number of hydrogen-bond donors (Lipinski definition) is 0. The van der Waals surface area contributed by atoms with E-state index in [1.165, 1.54) is 16.9 Å². The molecule has 1 unspecified atom stereocenters. The molecule has 0 saturated carbocycles. The third-order valence-electron chi connectivity index (χ3n) is 1.66. The van der Waals surface area contributed by atoms with E-state index >= 15 is 0 Å². The van der Waals surface area contributed by atoms with Crippen LogP contribution in [0, 0.1) is 0 Å². The second-order valence-corrected chi connectivity index (χ2v) is 3.50. The van der Waals surface area contributed by atoms with Crippen molar-refractivity contribution in [3.63, 3.8) is 0 Å². The van der Waals surface area contributed by atoms with Crippen LogP contribution in [0.2, 0.25) is 0 Å². The number of rotatable bonds is 0. The van der Waals surface area contributed by atoms with E-state index in [1.807, 2.05) is 24.3 Å². The summed E-state index contributed by atoms with van der Waals surface area (Å²) in [7, 11) is 0. The van der Waals surface area contributed by atoms with Crippen molar-refractivity contribution in [2.45, 2.75) is 0 Å². The molecule has 2 rings (SSSR count). The Labute approximate surface area is 72.8 Å². The molecule has 0 N–H and O–H groups in total. The van der Waals surface area contributed by atoms with Crippen LogP contribution in [0.15, 0.2) is 29.3 Å². The number of nitrogens with zero attached hydrogens (tertiary/aromatic N) is 1. The number of carbonyl (C=O) groups is 1. The van der Waals surface area contributed by atoms with Crippen LogP contribution in [0.3, 0.4) is 0 Å². The Morgan fingerprint density at radius 1 is 1.18 bits per heavy atom. The number of hydrogen-bond acceptors (Lipinski definition) is 1. The SMILES string of the molecule is O=C1N=C([AsH2])c2ccccc21. The summed E-state index contributed by atoms with van der Waals surface area (Å²) in [6.07, 6.45) is 0. The first-order chi connectivity index (χ1) is 5.29. The Hall–Kier alpha value is -0.882. The van der Waals surface area contributed by atoms with Gasteiger partial charge in [0, 0.05) is 0 Å². The fraction of sp³-hybridized carbons (Fsp3) is 0. The fourth-order valence-corrected chi connectivity index (χ4v) is 1.90. The molecule has 1 aliphatic rings. The Balaban J connectivity index is 2.71. The van der Waals surface area contributed by atoms with Gasteiger partial charge in [0.05, 0.1) is 0 Å². The third kappa shape index (κ3) is 0.944. The van der Waals surface area contributed by atoms with Crippen LogP contribution in [0.1, 0.15) is 15.9 Å². The summed E-state index contributed by atoms with van der Waals surface area (Å²) in [6, 6.07) is 7.53. The molecule has 54 valence electrons. The summed E-state index contributed by atoms with van der Waals surface area (Å²) in [5, 5.41) is 0. The zero-order valence-electron chi connectivity index (χ0n) is 5.74. The molecule has 1 amide bonds. The zero-order chi connectivity index (χ0) is 7.84. The van der Waals surface area contributed by atoms with Gasteiger partial charge in [-0.2, -0.15) is 0 Å². The molecule has 1 aliphatic heterocycles. The van der Waals surface area contributed by atoms with Crippen molar-refractivity contribution in [2.24, 2.45) is 4.99 Å². The Bertz CT molecular complexity index is 357. The van der Waals surface area contributed by atoms with Gasteiger partial charge in [0.15, 0.2) is 0 Å². The Morgan fingerprint density at radius 2 is 1.82 bits per heavy atom. The third-order valence-corrected chi connectivity index (χ3v) is 2.58. The van der Waals surface area contributed by atoms with Crippen LogP contribution in [-0.4, -0.2) is 27.3 Å². The Morgan fingerprint density at radius 3 is 2.45 bits per heavy atom. The van der Waals surface area contributed by atoms with Crippen LogP contribution >= 0.6 is 0 Å². The van der Waals surface area contributed by atoms with Crippen molar-refractivity contribution in [3.8, 4) is 0 Å². The van der Waals surface area contributed by atoms with Crippen LogP contribution in [-0.2, 0) is 0 Å². The first-order valence-electron chi connectivity index (χ1n) is 3.27. The van der Waals surface area contributed by atoms with Crippen molar-refractivity contribution in [1.82, 2.24) is 0 Å². The van der Waals surface area contributed by atoms with Gasteiger partial charge in [0.1, 0.15) is 0 Å². The Kier molecular flexibility index (Phi) is 1.43. The van der Waals surface area contributed by atoms with Gasteiger partial charge < -0.3 is 0 Å². The van der Waals surface area contributed by atoms with Gasteiger partial charge in [0.25, 0.3) is 0 Å². The molecular weight excluding hydrogens is 201 g/mol. The molecule has 1 heterocycles. The minimum absolute atomic E-state index is 0.0972. The van der Waals surface area contributed by atoms with Gasteiger partial charge >= 0.3 is 72.4 Å². The maximum atomic E-state index is 11.1. The molecule has 0 fully saturated rings. The predicted molar refractivity (Wildman–Crippen MR) is 45.9 cm³/mol. The van der Waals surface area contributed by atoms with Gasteiger partial charge in [-0.3, -0.25) is 0 Å². The first kappa shape index (κ1) is 6.81. The average molecular weight is 207 g/mol. The molecule has 11 heavy (non-hydrogen) atoms. The summed E-state index contributed by atoms with van der Waals surface area (Å²) in [5.74, 6) is -0.0972. The molecule has 1 aromatic carbocycles. The molecule has 0 aromatic heterocycles. The van der Waals surface area contributed by atoms with Gasteiger partial charge in [-0.15, -0.1) is 0 Å². The summed E-state index contributed by atoms with van der Waals surface area (Å²) in [5.41, 5.74) is 1.74. The second kappa shape index (κ2) is 2.31. The minimum atomic E-state index is -0.0972. The van der Waals surface area contributed by atoms with E-state index in [4.69, 9.17) is 0 Å². The van der Waals surface area contributed by atoms with Crippen molar-refractivity contribution in [1.29, 1.82) is 0 Å². The van der Waals surface area contributed by atoms with Crippen molar-refractivity contribution < 1.29 is 4.79 Å². The van der Waals surface area contributed by atoms with Crippen molar-refractivity contribution in [3.05, 3.63) is 35.4 Å². The molecule has 1 aromatic rings. The van der Waals surface area contributed by atoms with Crippen LogP contribution in [0.4, 0.5) is 0 Å². The van der Waals surface area contributed by atoms with Gasteiger partial charge in [-0.25, -0.2) is 0 Å². The second-order valence-electron chi connectivity index (χ2n) is 2.35. The topological polar surface area (TPSA) is 29.4 Å². The number of fused-ring (bicyclic) bond motifs is 1. The summed E-state index contributed by atoms with van der Waals surface area (Å²) in [4.78, 5) is 15.0. The van der Waals surface area contributed by atoms with E-state index in [9.17, 15) is 4.79 Å². The average Bonchev–Trinajstić information content (AvgIpc) is 2.30. The molecular formula is C8H6AsNO. The van der Waals surface area contributed by atoms with Crippen LogP contribution in [0.5, 0.6) is 0 Å². The standard InChI is InChI=1S/C8H6AsNO/c9-7-5-3-1-2-4-6(5)8(11)10-7/h1-4H,9H2.